The Balaban J connectivity index is 1.52. The number of aliphatic carboxylic acids is 1. The van der Waals surface area contributed by atoms with E-state index in [9.17, 15) is 14.7 Å². The van der Waals surface area contributed by atoms with Gasteiger partial charge in [-0.05, 0) is 25.7 Å². The number of hydrogen-bond acceptors (Lipinski definition) is 3. The topological polar surface area (TPSA) is 66.8 Å². The zero-order valence-electron chi connectivity index (χ0n) is 10.2. The summed E-state index contributed by atoms with van der Waals surface area (Å²) in [7, 11) is 0. The second-order valence-electron chi connectivity index (χ2n) is 6.22. The van der Waals surface area contributed by atoms with E-state index >= 15 is 0 Å². The highest BCUT2D eigenvalue weighted by Crippen LogP contribution is 2.51. The molecular formula is C13H17NO4. The van der Waals surface area contributed by atoms with Crippen LogP contribution < -0.4 is 0 Å². The summed E-state index contributed by atoms with van der Waals surface area (Å²) in [6.07, 6.45) is 3.87. The van der Waals surface area contributed by atoms with E-state index in [1.54, 1.807) is 4.90 Å². The molecule has 1 aliphatic carbocycles. The van der Waals surface area contributed by atoms with Gasteiger partial charge in [0, 0.05) is 24.9 Å². The van der Waals surface area contributed by atoms with Crippen LogP contribution in [0.25, 0.3) is 0 Å². The van der Waals surface area contributed by atoms with Gasteiger partial charge in [-0.2, -0.15) is 0 Å². The molecule has 0 spiro atoms. The third kappa shape index (κ3) is 1.20. The van der Waals surface area contributed by atoms with Crippen LogP contribution in [0.15, 0.2) is 0 Å². The molecule has 5 heteroatoms. The van der Waals surface area contributed by atoms with Gasteiger partial charge in [-0.1, -0.05) is 0 Å². The van der Waals surface area contributed by atoms with Gasteiger partial charge in [0.25, 0.3) is 0 Å². The van der Waals surface area contributed by atoms with E-state index in [1.807, 2.05) is 0 Å². The van der Waals surface area contributed by atoms with Crippen LogP contribution in [0.5, 0.6) is 0 Å². The molecule has 2 bridgehead atoms. The predicted molar refractivity (Wildman–Crippen MR) is 60.8 cm³/mol. The van der Waals surface area contributed by atoms with Crippen LogP contribution in [0.2, 0.25) is 0 Å². The van der Waals surface area contributed by atoms with Gasteiger partial charge in [-0.15, -0.1) is 0 Å². The molecule has 18 heavy (non-hydrogen) atoms. The van der Waals surface area contributed by atoms with Crippen molar-refractivity contribution in [1.82, 2.24) is 4.90 Å². The maximum atomic E-state index is 12.3. The van der Waals surface area contributed by atoms with E-state index in [4.69, 9.17) is 4.74 Å². The van der Waals surface area contributed by atoms with Crippen LogP contribution in [0.4, 0.5) is 0 Å². The molecule has 4 unspecified atom stereocenters. The summed E-state index contributed by atoms with van der Waals surface area (Å²) in [5.41, 5.74) is -1.07. The summed E-state index contributed by atoms with van der Waals surface area (Å²) in [6, 6.07) is 0. The van der Waals surface area contributed by atoms with Gasteiger partial charge in [-0.3, -0.25) is 9.59 Å². The molecule has 1 amide bonds. The molecule has 0 radical (unpaired) electrons. The first-order valence-corrected chi connectivity index (χ1v) is 6.80. The second kappa shape index (κ2) is 3.26. The van der Waals surface area contributed by atoms with Crippen LogP contribution in [0, 0.1) is 17.3 Å². The Labute approximate surface area is 105 Å². The number of carboxylic acids is 1. The lowest BCUT2D eigenvalue weighted by Crippen LogP contribution is -2.40. The Hall–Kier alpha value is -1.10. The minimum absolute atomic E-state index is 0.149. The SMILES string of the molecule is O=C(O)C1(C(=O)N2CC3C4CCC(O4)C3C2)CC1. The molecule has 4 rings (SSSR count). The van der Waals surface area contributed by atoms with Gasteiger partial charge in [-0.25, -0.2) is 0 Å². The van der Waals surface area contributed by atoms with Crippen LogP contribution >= 0.6 is 0 Å². The molecule has 0 aromatic heterocycles. The van der Waals surface area contributed by atoms with Crippen molar-refractivity contribution in [3.05, 3.63) is 0 Å². The van der Waals surface area contributed by atoms with E-state index < -0.39 is 11.4 Å². The maximum Gasteiger partial charge on any atom is 0.319 e. The van der Waals surface area contributed by atoms with Gasteiger partial charge < -0.3 is 14.7 Å². The average Bonchev–Trinajstić information content (AvgIpc) is 2.74. The minimum atomic E-state index is -1.07. The second-order valence-corrected chi connectivity index (χ2v) is 6.22. The molecule has 3 saturated heterocycles. The Morgan fingerprint density at radius 2 is 1.67 bits per heavy atom. The number of carboxylic acid groups (broad SMARTS) is 1. The highest BCUT2D eigenvalue weighted by molar-refractivity contribution is 6.04. The number of nitrogens with zero attached hydrogens (tertiary/aromatic N) is 1. The number of fused-ring (bicyclic) bond motifs is 5. The Morgan fingerprint density at radius 3 is 2.11 bits per heavy atom. The smallest absolute Gasteiger partial charge is 0.319 e. The molecule has 0 aromatic carbocycles. The van der Waals surface area contributed by atoms with Gasteiger partial charge in [0.2, 0.25) is 5.91 Å². The molecule has 4 atom stereocenters. The third-order valence-corrected chi connectivity index (χ3v) is 5.31. The van der Waals surface area contributed by atoms with Crippen LogP contribution in [0.3, 0.4) is 0 Å². The van der Waals surface area contributed by atoms with Crippen LogP contribution in [-0.4, -0.2) is 47.2 Å². The minimum Gasteiger partial charge on any atom is -0.480 e. The molecular weight excluding hydrogens is 234 g/mol. The van der Waals surface area contributed by atoms with Crippen LogP contribution in [-0.2, 0) is 14.3 Å². The lowest BCUT2D eigenvalue weighted by Gasteiger charge is -2.22. The summed E-state index contributed by atoms with van der Waals surface area (Å²) in [4.78, 5) is 25.3. The van der Waals surface area contributed by atoms with Gasteiger partial charge in [0.05, 0.1) is 12.2 Å². The summed E-state index contributed by atoms with van der Waals surface area (Å²) in [6.45, 7) is 1.42. The molecule has 1 saturated carbocycles. The fourth-order valence-electron chi connectivity index (χ4n) is 4.07. The van der Waals surface area contributed by atoms with Crippen molar-refractivity contribution in [3.8, 4) is 0 Å². The third-order valence-electron chi connectivity index (χ3n) is 5.31. The van der Waals surface area contributed by atoms with E-state index in [2.05, 4.69) is 0 Å². The van der Waals surface area contributed by atoms with Crippen molar-refractivity contribution in [3.63, 3.8) is 0 Å². The molecule has 0 aromatic rings. The van der Waals surface area contributed by atoms with Gasteiger partial charge >= 0.3 is 5.97 Å². The monoisotopic (exact) mass is 251 g/mol. The number of hydrogen-bond donors (Lipinski definition) is 1. The molecule has 5 nitrogen and oxygen atoms in total. The zero-order valence-corrected chi connectivity index (χ0v) is 10.2. The lowest BCUT2D eigenvalue weighted by molar-refractivity contribution is -0.153. The molecule has 3 aliphatic heterocycles. The largest absolute Gasteiger partial charge is 0.480 e. The zero-order chi connectivity index (χ0) is 12.5. The number of carbonyl (C=O) groups excluding carboxylic acids is 1. The molecule has 98 valence electrons. The Bertz CT molecular complexity index is 413. The standard InChI is InChI=1S/C13H17NO4/c15-11(13(3-4-13)12(16)17)14-5-7-8(6-14)10-2-1-9(7)18-10/h7-10H,1-6H2,(H,16,17). The van der Waals surface area contributed by atoms with Crippen molar-refractivity contribution >= 4 is 11.9 Å². The quantitative estimate of drug-likeness (QED) is 0.725. The Kier molecular flexibility index (Phi) is 1.95. The summed E-state index contributed by atoms with van der Waals surface area (Å²) in [5.74, 6) is -0.179. The number of ether oxygens (including phenoxy) is 1. The average molecular weight is 251 g/mol. The molecule has 3 heterocycles. The highest BCUT2D eigenvalue weighted by atomic mass is 16.5. The fraction of sp³-hybridized carbons (Fsp3) is 0.846. The molecule has 4 aliphatic rings. The fourth-order valence-corrected chi connectivity index (χ4v) is 4.07. The van der Waals surface area contributed by atoms with Crippen molar-refractivity contribution in [2.24, 2.45) is 17.3 Å². The van der Waals surface area contributed by atoms with Crippen molar-refractivity contribution < 1.29 is 19.4 Å². The lowest BCUT2D eigenvalue weighted by atomic mass is 9.82. The van der Waals surface area contributed by atoms with Crippen molar-refractivity contribution in [2.75, 3.05) is 13.1 Å². The summed E-state index contributed by atoms with van der Waals surface area (Å²) >= 11 is 0. The number of rotatable bonds is 2. The first-order valence-electron chi connectivity index (χ1n) is 6.80. The maximum absolute atomic E-state index is 12.3. The summed E-state index contributed by atoms with van der Waals surface area (Å²) < 4.78 is 5.86. The number of likely N-dealkylation sites (tertiary alicyclic amines) is 1. The first kappa shape index (κ1) is 10.8. The van der Waals surface area contributed by atoms with Crippen molar-refractivity contribution in [1.29, 1.82) is 0 Å². The number of amides is 1. The van der Waals surface area contributed by atoms with E-state index in [-0.39, 0.29) is 5.91 Å². The molecule has 4 fully saturated rings. The van der Waals surface area contributed by atoms with E-state index in [1.165, 1.54) is 0 Å². The van der Waals surface area contributed by atoms with Gasteiger partial charge in [0.1, 0.15) is 5.41 Å². The van der Waals surface area contributed by atoms with Gasteiger partial charge in [0.15, 0.2) is 0 Å². The van der Waals surface area contributed by atoms with Crippen molar-refractivity contribution in [2.45, 2.75) is 37.9 Å². The Morgan fingerprint density at radius 1 is 1.11 bits per heavy atom. The summed E-state index contributed by atoms with van der Waals surface area (Å²) in [5, 5.41) is 9.18. The van der Waals surface area contributed by atoms with Crippen LogP contribution in [0.1, 0.15) is 25.7 Å². The first-order chi connectivity index (χ1) is 8.62. The normalized spacial score (nSPS) is 43.0. The number of carbonyl (C=O) groups is 2. The molecule has 1 N–H and O–H groups in total. The van der Waals surface area contributed by atoms with E-state index in [0.29, 0.717) is 50.0 Å². The highest BCUT2D eigenvalue weighted by Gasteiger charge is 2.61. The van der Waals surface area contributed by atoms with E-state index in [0.717, 1.165) is 12.8 Å². The predicted octanol–water partition coefficient (Wildman–Crippen LogP) is 0.487.